The summed E-state index contributed by atoms with van der Waals surface area (Å²) in [7, 11) is 4.16. The molecule has 0 aliphatic carbocycles. The van der Waals surface area contributed by atoms with Crippen molar-refractivity contribution in [3.8, 4) is 0 Å². The summed E-state index contributed by atoms with van der Waals surface area (Å²) in [6.07, 6.45) is 0. The number of nitrogens with zero attached hydrogens (tertiary/aromatic N) is 1. The Bertz CT molecular complexity index is 333. The molecule has 0 spiro atoms. The van der Waals surface area contributed by atoms with Gasteiger partial charge in [-0.2, -0.15) is 0 Å². The average Bonchev–Trinajstić information content (AvgIpc) is 2.43. The molecule has 1 aliphatic heterocycles. The number of fused-ring (bicyclic) bond motifs is 1. The minimum Gasteiger partial charge on any atom is -0.374 e. The number of rotatable bonds is 2. The Hall–Kier alpha value is -1.02. The first-order chi connectivity index (χ1) is 6.72. The van der Waals surface area contributed by atoms with Gasteiger partial charge in [-0.15, -0.1) is 0 Å². The third kappa shape index (κ3) is 1.50. The number of likely N-dealkylation sites (N-methyl/N-ethyl adjacent to an activating group) is 1. The van der Waals surface area contributed by atoms with Gasteiger partial charge in [0.25, 0.3) is 0 Å². The van der Waals surface area contributed by atoms with Crippen LogP contribution in [0.1, 0.15) is 24.0 Å². The molecule has 1 atom stereocenters. The maximum Gasteiger partial charge on any atom is 0.0403 e. The van der Waals surface area contributed by atoms with Gasteiger partial charge in [-0.25, -0.2) is 0 Å². The molecule has 0 fully saturated rings. The van der Waals surface area contributed by atoms with Crippen molar-refractivity contribution in [3.05, 3.63) is 29.3 Å². The quantitative estimate of drug-likeness (QED) is 0.767. The standard InChI is InChI=1S/C12H18N2/c1-9-8-14(3)12-6-10(7-13-2)4-5-11(9)12/h4-6,9,13H,7-8H2,1-3H3. The number of anilines is 1. The van der Waals surface area contributed by atoms with Crippen LogP contribution >= 0.6 is 0 Å². The zero-order valence-corrected chi connectivity index (χ0v) is 9.17. The van der Waals surface area contributed by atoms with Crippen molar-refractivity contribution in [2.24, 2.45) is 0 Å². The predicted molar refractivity (Wildman–Crippen MR) is 60.9 cm³/mol. The third-order valence-electron chi connectivity index (χ3n) is 2.97. The maximum absolute atomic E-state index is 3.18. The highest BCUT2D eigenvalue weighted by atomic mass is 15.1. The molecule has 0 amide bonds. The molecule has 0 bridgehead atoms. The Labute approximate surface area is 85.9 Å². The topological polar surface area (TPSA) is 15.3 Å². The van der Waals surface area contributed by atoms with Gasteiger partial charge in [0.05, 0.1) is 0 Å². The van der Waals surface area contributed by atoms with Crippen LogP contribution in [0, 0.1) is 0 Å². The van der Waals surface area contributed by atoms with Crippen molar-refractivity contribution in [2.75, 3.05) is 25.5 Å². The van der Waals surface area contributed by atoms with Crippen LogP contribution in [0.25, 0.3) is 0 Å². The lowest BCUT2D eigenvalue weighted by Gasteiger charge is -2.12. The van der Waals surface area contributed by atoms with Gasteiger partial charge in [0.15, 0.2) is 0 Å². The second-order valence-electron chi connectivity index (χ2n) is 4.21. The zero-order valence-electron chi connectivity index (χ0n) is 9.17. The average molecular weight is 190 g/mol. The van der Waals surface area contributed by atoms with Gasteiger partial charge in [0.1, 0.15) is 0 Å². The number of nitrogens with one attached hydrogen (secondary N) is 1. The van der Waals surface area contributed by atoms with E-state index < -0.39 is 0 Å². The lowest BCUT2D eigenvalue weighted by Crippen LogP contribution is -2.14. The Kier molecular flexibility index (Phi) is 2.46. The van der Waals surface area contributed by atoms with E-state index >= 15 is 0 Å². The minimum absolute atomic E-state index is 0.679. The summed E-state index contributed by atoms with van der Waals surface area (Å²) in [6.45, 7) is 4.40. The molecule has 1 aliphatic rings. The molecule has 1 aromatic carbocycles. The van der Waals surface area contributed by atoms with Crippen molar-refractivity contribution in [3.63, 3.8) is 0 Å². The van der Waals surface area contributed by atoms with E-state index in [2.05, 4.69) is 42.4 Å². The summed E-state index contributed by atoms with van der Waals surface area (Å²) in [4.78, 5) is 2.35. The zero-order chi connectivity index (χ0) is 10.1. The van der Waals surface area contributed by atoms with Gasteiger partial charge in [-0.05, 0) is 24.2 Å². The van der Waals surface area contributed by atoms with Gasteiger partial charge >= 0.3 is 0 Å². The Balaban J connectivity index is 2.35. The van der Waals surface area contributed by atoms with Crippen LogP contribution in [0.3, 0.4) is 0 Å². The first-order valence-electron chi connectivity index (χ1n) is 5.21. The largest absolute Gasteiger partial charge is 0.374 e. The normalized spacial score (nSPS) is 19.9. The molecule has 0 saturated heterocycles. The van der Waals surface area contributed by atoms with Crippen LogP contribution < -0.4 is 10.2 Å². The van der Waals surface area contributed by atoms with Crippen molar-refractivity contribution in [1.82, 2.24) is 5.32 Å². The van der Waals surface area contributed by atoms with E-state index in [9.17, 15) is 0 Å². The van der Waals surface area contributed by atoms with Gasteiger partial charge in [-0.1, -0.05) is 19.1 Å². The van der Waals surface area contributed by atoms with Crippen LogP contribution in [0.15, 0.2) is 18.2 Å². The predicted octanol–water partition coefficient (Wildman–Crippen LogP) is 1.96. The van der Waals surface area contributed by atoms with E-state index in [1.165, 1.54) is 16.8 Å². The Morgan fingerprint density at radius 2 is 2.29 bits per heavy atom. The van der Waals surface area contributed by atoms with Crippen molar-refractivity contribution < 1.29 is 0 Å². The fourth-order valence-electron chi connectivity index (χ4n) is 2.26. The summed E-state index contributed by atoms with van der Waals surface area (Å²) in [5.41, 5.74) is 4.27. The molecule has 1 N–H and O–H groups in total. The van der Waals surface area contributed by atoms with Crippen LogP contribution in [0.4, 0.5) is 5.69 Å². The Morgan fingerprint density at radius 3 is 3.00 bits per heavy atom. The summed E-state index contributed by atoms with van der Waals surface area (Å²) >= 11 is 0. The molecule has 76 valence electrons. The summed E-state index contributed by atoms with van der Waals surface area (Å²) in [5, 5.41) is 3.18. The number of benzene rings is 1. The first-order valence-corrected chi connectivity index (χ1v) is 5.21. The van der Waals surface area contributed by atoms with Crippen LogP contribution in [-0.4, -0.2) is 20.6 Å². The third-order valence-corrected chi connectivity index (χ3v) is 2.97. The SMILES string of the molecule is CNCc1ccc2c(c1)N(C)CC2C. The molecular weight excluding hydrogens is 172 g/mol. The maximum atomic E-state index is 3.18. The van der Waals surface area contributed by atoms with E-state index in [0.29, 0.717) is 5.92 Å². The second kappa shape index (κ2) is 3.62. The first kappa shape index (κ1) is 9.53. The highest BCUT2D eigenvalue weighted by Crippen LogP contribution is 2.35. The van der Waals surface area contributed by atoms with Crippen molar-refractivity contribution in [2.45, 2.75) is 19.4 Å². The number of hydrogen-bond acceptors (Lipinski definition) is 2. The van der Waals surface area contributed by atoms with Crippen molar-refractivity contribution in [1.29, 1.82) is 0 Å². The second-order valence-corrected chi connectivity index (χ2v) is 4.21. The summed E-state index contributed by atoms with van der Waals surface area (Å²) in [6, 6.07) is 6.80. The number of hydrogen-bond donors (Lipinski definition) is 1. The molecule has 1 aromatic rings. The van der Waals surface area contributed by atoms with Crippen LogP contribution in [-0.2, 0) is 6.54 Å². The smallest absolute Gasteiger partial charge is 0.0403 e. The van der Waals surface area contributed by atoms with E-state index in [1.807, 2.05) is 7.05 Å². The van der Waals surface area contributed by atoms with Gasteiger partial charge in [0, 0.05) is 31.7 Å². The van der Waals surface area contributed by atoms with Crippen molar-refractivity contribution >= 4 is 5.69 Å². The fourth-order valence-corrected chi connectivity index (χ4v) is 2.26. The molecule has 14 heavy (non-hydrogen) atoms. The summed E-state index contributed by atoms with van der Waals surface area (Å²) in [5.74, 6) is 0.679. The molecule has 2 heteroatoms. The molecule has 1 unspecified atom stereocenters. The lowest BCUT2D eigenvalue weighted by atomic mass is 10.0. The molecule has 1 heterocycles. The molecular formula is C12H18N2. The molecule has 0 aromatic heterocycles. The fraction of sp³-hybridized carbons (Fsp3) is 0.500. The van der Waals surface area contributed by atoms with E-state index in [0.717, 1.165) is 13.1 Å². The van der Waals surface area contributed by atoms with Gasteiger partial charge in [0.2, 0.25) is 0 Å². The highest BCUT2D eigenvalue weighted by molar-refractivity contribution is 5.60. The Morgan fingerprint density at radius 1 is 1.50 bits per heavy atom. The van der Waals surface area contributed by atoms with E-state index in [1.54, 1.807) is 0 Å². The van der Waals surface area contributed by atoms with Crippen LogP contribution in [0.2, 0.25) is 0 Å². The highest BCUT2D eigenvalue weighted by Gasteiger charge is 2.22. The molecule has 2 nitrogen and oxygen atoms in total. The summed E-state index contributed by atoms with van der Waals surface area (Å²) < 4.78 is 0. The molecule has 2 rings (SSSR count). The lowest BCUT2D eigenvalue weighted by molar-refractivity contribution is 0.796. The van der Waals surface area contributed by atoms with E-state index in [-0.39, 0.29) is 0 Å². The molecule has 0 radical (unpaired) electrons. The monoisotopic (exact) mass is 190 g/mol. The molecule has 0 saturated carbocycles. The van der Waals surface area contributed by atoms with Crippen LogP contribution in [0.5, 0.6) is 0 Å². The van der Waals surface area contributed by atoms with E-state index in [4.69, 9.17) is 0 Å². The van der Waals surface area contributed by atoms with Gasteiger partial charge in [-0.3, -0.25) is 0 Å². The minimum atomic E-state index is 0.679. The van der Waals surface area contributed by atoms with Gasteiger partial charge < -0.3 is 10.2 Å².